The highest BCUT2D eigenvalue weighted by Gasteiger charge is 2.34. The maximum atomic E-state index is 11.2. The number of hydrogen-bond acceptors (Lipinski definition) is 3. The fourth-order valence-electron chi connectivity index (χ4n) is 1.82. The highest BCUT2D eigenvalue weighted by atomic mass is 16.6. The van der Waals surface area contributed by atoms with E-state index in [0.29, 0.717) is 6.54 Å². The molecule has 5 nitrogen and oxygen atoms in total. The van der Waals surface area contributed by atoms with Gasteiger partial charge in [0.25, 0.3) is 0 Å². The van der Waals surface area contributed by atoms with Crippen molar-refractivity contribution in [3.05, 3.63) is 35.9 Å². The molecular weight excluding hydrogens is 220 g/mol. The summed E-state index contributed by atoms with van der Waals surface area (Å²) >= 11 is 0. The SMILES string of the molecule is CC(=O)NC[C@H]1OC(=O)N[C@@H]1c1ccccc1. The average Bonchev–Trinajstić information content (AvgIpc) is 2.69. The Morgan fingerprint density at radius 3 is 2.76 bits per heavy atom. The predicted octanol–water partition coefficient (Wildman–Crippen LogP) is 0.972. The third-order valence-corrected chi connectivity index (χ3v) is 2.61. The maximum absolute atomic E-state index is 11.2. The first-order valence-corrected chi connectivity index (χ1v) is 5.43. The number of carbonyl (C=O) groups excluding carboxylic acids is 2. The normalized spacial score (nSPS) is 22.8. The number of ether oxygens (including phenoxy) is 1. The van der Waals surface area contributed by atoms with Gasteiger partial charge in [0.1, 0.15) is 6.10 Å². The molecule has 2 rings (SSSR count). The second-order valence-corrected chi connectivity index (χ2v) is 3.91. The van der Waals surface area contributed by atoms with E-state index in [9.17, 15) is 9.59 Å². The Labute approximate surface area is 99.2 Å². The van der Waals surface area contributed by atoms with E-state index in [1.165, 1.54) is 6.92 Å². The van der Waals surface area contributed by atoms with Gasteiger partial charge in [0.15, 0.2) is 0 Å². The zero-order chi connectivity index (χ0) is 12.3. The summed E-state index contributed by atoms with van der Waals surface area (Å²) in [6.07, 6.45) is -0.817. The third kappa shape index (κ3) is 2.75. The van der Waals surface area contributed by atoms with Crippen LogP contribution in [0.25, 0.3) is 0 Å². The van der Waals surface area contributed by atoms with Crippen molar-refractivity contribution >= 4 is 12.0 Å². The molecule has 17 heavy (non-hydrogen) atoms. The van der Waals surface area contributed by atoms with Crippen LogP contribution in [0.2, 0.25) is 0 Å². The van der Waals surface area contributed by atoms with Crippen LogP contribution < -0.4 is 10.6 Å². The van der Waals surface area contributed by atoms with E-state index >= 15 is 0 Å². The third-order valence-electron chi connectivity index (χ3n) is 2.61. The Morgan fingerprint density at radius 1 is 1.41 bits per heavy atom. The largest absolute Gasteiger partial charge is 0.442 e. The van der Waals surface area contributed by atoms with Crippen molar-refractivity contribution in [1.82, 2.24) is 10.6 Å². The fraction of sp³-hybridized carbons (Fsp3) is 0.333. The molecule has 1 aliphatic rings. The maximum Gasteiger partial charge on any atom is 0.408 e. The summed E-state index contributed by atoms with van der Waals surface area (Å²) in [6.45, 7) is 1.75. The molecule has 1 fully saturated rings. The van der Waals surface area contributed by atoms with Crippen LogP contribution in [0.15, 0.2) is 30.3 Å². The van der Waals surface area contributed by atoms with Gasteiger partial charge < -0.3 is 15.4 Å². The molecule has 0 radical (unpaired) electrons. The number of cyclic esters (lactones) is 1. The molecule has 1 saturated heterocycles. The van der Waals surface area contributed by atoms with Crippen LogP contribution in [0.4, 0.5) is 4.79 Å². The Hall–Kier alpha value is -2.04. The summed E-state index contributed by atoms with van der Waals surface area (Å²) in [5, 5.41) is 5.38. The molecular formula is C12H14N2O3. The van der Waals surface area contributed by atoms with Gasteiger partial charge in [0, 0.05) is 6.92 Å². The van der Waals surface area contributed by atoms with Gasteiger partial charge in [-0.3, -0.25) is 4.79 Å². The minimum Gasteiger partial charge on any atom is -0.442 e. The van der Waals surface area contributed by atoms with Crippen LogP contribution in [0.1, 0.15) is 18.5 Å². The van der Waals surface area contributed by atoms with E-state index < -0.39 is 6.09 Å². The van der Waals surface area contributed by atoms with E-state index in [1.807, 2.05) is 30.3 Å². The lowest BCUT2D eigenvalue weighted by Crippen LogP contribution is -2.34. The van der Waals surface area contributed by atoms with Gasteiger partial charge >= 0.3 is 6.09 Å². The fourth-order valence-corrected chi connectivity index (χ4v) is 1.82. The number of nitrogens with one attached hydrogen (secondary N) is 2. The molecule has 0 aliphatic carbocycles. The molecule has 0 unspecified atom stereocenters. The van der Waals surface area contributed by atoms with Crippen LogP contribution in [-0.2, 0) is 9.53 Å². The van der Waals surface area contributed by atoms with Crippen molar-refractivity contribution in [3.63, 3.8) is 0 Å². The summed E-state index contributed by atoms with van der Waals surface area (Å²) in [5.74, 6) is -0.139. The van der Waals surface area contributed by atoms with Crippen LogP contribution >= 0.6 is 0 Å². The Kier molecular flexibility index (Phi) is 3.27. The lowest BCUT2D eigenvalue weighted by Gasteiger charge is -2.17. The Morgan fingerprint density at radius 2 is 2.12 bits per heavy atom. The minimum atomic E-state index is -0.450. The summed E-state index contributed by atoms with van der Waals surface area (Å²) < 4.78 is 5.11. The average molecular weight is 234 g/mol. The van der Waals surface area contributed by atoms with Gasteiger partial charge in [0.2, 0.25) is 5.91 Å². The summed E-state index contributed by atoms with van der Waals surface area (Å²) in [7, 11) is 0. The molecule has 0 bridgehead atoms. The van der Waals surface area contributed by atoms with Gasteiger partial charge in [-0.15, -0.1) is 0 Å². The zero-order valence-electron chi connectivity index (χ0n) is 9.47. The molecule has 1 aromatic rings. The number of amides is 2. The quantitative estimate of drug-likeness (QED) is 0.819. The molecule has 1 heterocycles. The first kappa shape index (κ1) is 11.4. The first-order chi connectivity index (χ1) is 8.16. The standard InChI is InChI=1S/C12H14N2O3/c1-8(15)13-7-10-11(14-12(16)17-10)9-5-3-2-4-6-9/h2-6,10-11H,7H2,1H3,(H,13,15)(H,14,16)/t10-,11-/m1/s1. The number of benzene rings is 1. The molecule has 0 saturated carbocycles. The molecule has 2 atom stereocenters. The number of alkyl carbamates (subject to hydrolysis) is 1. The lowest BCUT2D eigenvalue weighted by atomic mass is 10.0. The van der Waals surface area contributed by atoms with Crippen LogP contribution in [-0.4, -0.2) is 24.6 Å². The molecule has 2 N–H and O–H groups in total. The highest BCUT2D eigenvalue weighted by molar-refractivity contribution is 5.73. The van der Waals surface area contributed by atoms with Gasteiger partial charge in [-0.1, -0.05) is 30.3 Å². The van der Waals surface area contributed by atoms with Gasteiger partial charge in [-0.05, 0) is 5.56 Å². The van der Waals surface area contributed by atoms with E-state index in [-0.39, 0.29) is 18.1 Å². The summed E-state index contributed by atoms with van der Waals surface area (Å²) in [5.41, 5.74) is 0.966. The van der Waals surface area contributed by atoms with E-state index in [1.54, 1.807) is 0 Å². The molecule has 2 amide bonds. The molecule has 1 aromatic carbocycles. The van der Waals surface area contributed by atoms with E-state index in [4.69, 9.17) is 4.74 Å². The Balaban J connectivity index is 2.09. The number of carbonyl (C=O) groups is 2. The second-order valence-electron chi connectivity index (χ2n) is 3.91. The van der Waals surface area contributed by atoms with Crippen molar-refractivity contribution in [1.29, 1.82) is 0 Å². The van der Waals surface area contributed by atoms with Gasteiger partial charge in [-0.25, -0.2) is 4.79 Å². The zero-order valence-corrected chi connectivity index (χ0v) is 9.47. The summed E-state index contributed by atoms with van der Waals surface area (Å²) in [4.78, 5) is 22.1. The van der Waals surface area contributed by atoms with Crippen molar-refractivity contribution in [2.24, 2.45) is 0 Å². The van der Waals surface area contributed by atoms with Crippen molar-refractivity contribution in [3.8, 4) is 0 Å². The molecule has 5 heteroatoms. The molecule has 0 spiro atoms. The summed E-state index contributed by atoms with van der Waals surface area (Å²) in [6, 6.07) is 9.32. The smallest absolute Gasteiger partial charge is 0.408 e. The monoisotopic (exact) mass is 234 g/mol. The topological polar surface area (TPSA) is 67.4 Å². The second kappa shape index (κ2) is 4.86. The molecule has 0 aromatic heterocycles. The van der Waals surface area contributed by atoms with Crippen LogP contribution in [0, 0.1) is 0 Å². The van der Waals surface area contributed by atoms with Gasteiger partial charge in [-0.2, -0.15) is 0 Å². The molecule has 90 valence electrons. The Bertz CT molecular complexity index is 419. The van der Waals surface area contributed by atoms with Crippen molar-refractivity contribution < 1.29 is 14.3 Å². The minimum absolute atomic E-state index is 0.139. The number of rotatable bonds is 3. The number of hydrogen-bond donors (Lipinski definition) is 2. The lowest BCUT2D eigenvalue weighted by molar-refractivity contribution is -0.119. The van der Waals surface area contributed by atoms with Gasteiger partial charge in [0.05, 0.1) is 12.6 Å². The van der Waals surface area contributed by atoms with E-state index in [0.717, 1.165) is 5.56 Å². The van der Waals surface area contributed by atoms with Crippen LogP contribution in [0.5, 0.6) is 0 Å². The van der Waals surface area contributed by atoms with E-state index in [2.05, 4.69) is 10.6 Å². The first-order valence-electron chi connectivity index (χ1n) is 5.43. The highest BCUT2D eigenvalue weighted by Crippen LogP contribution is 2.23. The predicted molar refractivity (Wildman–Crippen MR) is 61.3 cm³/mol. The van der Waals surface area contributed by atoms with Crippen molar-refractivity contribution in [2.75, 3.05) is 6.54 Å². The molecule has 1 aliphatic heterocycles. The van der Waals surface area contributed by atoms with Crippen molar-refractivity contribution in [2.45, 2.75) is 19.1 Å². The van der Waals surface area contributed by atoms with Crippen LogP contribution in [0.3, 0.4) is 0 Å².